The number of hydrogen-bond donors (Lipinski definition) is 0. The van der Waals surface area contributed by atoms with E-state index in [1.807, 2.05) is 0 Å². The van der Waals surface area contributed by atoms with Crippen LogP contribution in [-0.2, 0) is 17.4 Å². The molecule has 0 radical (unpaired) electrons. The minimum atomic E-state index is -4.50. The van der Waals surface area contributed by atoms with Crippen LogP contribution in [0.15, 0.2) is 30.3 Å². The molecule has 21 heavy (non-hydrogen) atoms. The van der Waals surface area contributed by atoms with E-state index >= 15 is 0 Å². The summed E-state index contributed by atoms with van der Waals surface area (Å²) in [5, 5.41) is 0. The van der Waals surface area contributed by atoms with Gasteiger partial charge in [-0.25, -0.2) is 0 Å². The smallest absolute Gasteiger partial charge is 0.416 e. The quantitative estimate of drug-likeness (QED) is 0.709. The summed E-state index contributed by atoms with van der Waals surface area (Å²) < 4.78 is 61.3. The lowest BCUT2D eigenvalue weighted by Gasteiger charge is -2.26. The number of halogens is 5. The first kappa shape index (κ1) is 16.6. The van der Waals surface area contributed by atoms with E-state index in [-0.39, 0.29) is 20.0 Å². The van der Waals surface area contributed by atoms with Crippen molar-refractivity contribution in [2.75, 3.05) is 4.31 Å². The average Bonchev–Trinajstić information content (AvgIpc) is 2.68. The zero-order chi connectivity index (χ0) is 15.8. The molecule has 1 heterocycles. The molecule has 0 saturated heterocycles. The van der Waals surface area contributed by atoms with E-state index in [2.05, 4.69) is 0 Å². The van der Waals surface area contributed by atoms with Gasteiger partial charge in [0, 0.05) is 0 Å². The molecule has 3 nitrogen and oxygen atoms in total. The van der Waals surface area contributed by atoms with E-state index in [1.54, 1.807) is 0 Å². The van der Waals surface area contributed by atoms with Gasteiger partial charge >= 0.3 is 6.18 Å². The van der Waals surface area contributed by atoms with Gasteiger partial charge in [-0.15, -0.1) is 11.3 Å². The van der Waals surface area contributed by atoms with Crippen molar-refractivity contribution in [3.8, 4) is 0 Å². The van der Waals surface area contributed by atoms with Crippen LogP contribution in [0.2, 0.25) is 8.67 Å². The Labute approximate surface area is 134 Å². The highest BCUT2D eigenvalue weighted by Crippen LogP contribution is 2.41. The van der Waals surface area contributed by atoms with Gasteiger partial charge in [0.1, 0.15) is 4.34 Å². The van der Waals surface area contributed by atoms with Gasteiger partial charge < -0.3 is 4.55 Å². The molecule has 2 rings (SSSR count). The molecule has 0 aliphatic heterocycles. The molecule has 2 aromatic rings. The summed E-state index contributed by atoms with van der Waals surface area (Å²) in [6.45, 7) is 0. The molecule has 0 aliphatic rings. The molecule has 1 unspecified atom stereocenters. The minimum absolute atomic E-state index is 0.0210. The predicted molar refractivity (Wildman–Crippen MR) is 76.8 cm³/mol. The summed E-state index contributed by atoms with van der Waals surface area (Å²) >= 11 is 9.81. The van der Waals surface area contributed by atoms with Crippen LogP contribution < -0.4 is 4.31 Å². The van der Waals surface area contributed by atoms with E-state index in [0.29, 0.717) is 0 Å². The van der Waals surface area contributed by atoms with Crippen LogP contribution in [0.3, 0.4) is 0 Å². The van der Waals surface area contributed by atoms with Gasteiger partial charge in [-0.05, 0) is 30.3 Å². The molecule has 0 spiro atoms. The summed E-state index contributed by atoms with van der Waals surface area (Å²) in [5.41, 5.74) is -0.773. The summed E-state index contributed by atoms with van der Waals surface area (Å²) in [4.78, 5) is 0. The fraction of sp³-hybridized carbons (Fsp3) is 0.0909. The molecule has 10 heteroatoms. The molecule has 1 aromatic heterocycles. The van der Waals surface area contributed by atoms with Gasteiger partial charge in [0.2, 0.25) is 0 Å². The molecule has 0 fully saturated rings. The molecule has 0 aliphatic carbocycles. The Morgan fingerprint density at radius 1 is 1.19 bits per heavy atom. The molecular weight excluding hydrogens is 370 g/mol. The second kappa shape index (κ2) is 6.13. The second-order valence-corrected chi connectivity index (χ2v) is 6.85. The molecule has 0 bridgehead atoms. The van der Waals surface area contributed by atoms with Crippen molar-refractivity contribution in [2.45, 2.75) is 6.18 Å². The Balaban J connectivity index is 2.45. The first-order chi connectivity index (χ1) is 9.70. The SMILES string of the molecule is O=S([O-])N(c1ccc(C(F)(F)F)cc1)c1cc(Cl)sc1Cl. The van der Waals surface area contributed by atoms with Crippen LogP contribution in [0.25, 0.3) is 0 Å². The normalized spacial score (nSPS) is 13.2. The van der Waals surface area contributed by atoms with Crippen molar-refractivity contribution in [2.24, 2.45) is 0 Å². The number of benzene rings is 1. The Bertz CT molecular complexity index is 673. The summed E-state index contributed by atoms with van der Waals surface area (Å²) in [5.74, 6) is 0. The second-order valence-electron chi connectivity index (χ2n) is 3.77. The zero-order valence-electron chi connectivity index (χ0n) is 9.86. The van der Waals surface area contributed by atoms with Gasteiger partial charge in [-0.3, -0.25) is 8.51 Å². The lowest BCUT2D eigenvalue weighted by molar-refractivity contribution is -0.137. The van der Waals surface area contributed by atoms with E-state index in [4.69, 9.17) is 23.2 Å². The highest BCUT2D eigenvalue weighted by molar-refractivity contribution is 7.81. The van der Waals surface area contributed by atoms with Gasteiger partial charge in [-0.1, -0.05) is 23.2 Å². The third-order valence-corrected chi connectivity index (χ3v) is 4.61. The van der Waals surface area contributed by atoms with Gasteiger partial charge in [0.25, 0.3) is 0 Å². The van der Waals surface area contributed by atoms with Crippen molar-refractivity contribution < 1.29 is 21.9 Å². The lowest BCUT2D eigenvalue weighted by atomic mass is 10.2. The molecule has 0 N–H and O–H groups in total. The van der Waals surface area contributed by atoms with Crippen molar-refractivity contribution in [1.82, 2.24) is 0 Å². The fourth-order valence-electron chi connectivity index (χ4n) is 1.56. The molecule has 1 aromatic carbocycles. The van der Waals surface area contributed by atoms with Gasteiger partial charge in [0.05, 0.1) is 32.5 Å². The topological polar surface area (TPSA) is 43.4 Å². The minimum Gasteiger partial charge on any atom is -0.755 e. The van der Waals surface area contributed by atoms with E-state index in [0.717, 1.165) is 39.9 Å². The highest BCUT2D eigenvalue weighted by Gasteiger charge is 2.30. The van der Waals surface area contributed by atoms with E-state index in [1.165, 1.54) is 6.07 Å². The van der Waals surface area contributed by atoms with Crippen molar-refractivity contribution in [3.63, 3.8) is 0 Å². The van der Waals surface area contributed by atoms with Crippen LogP contribution in [0.1, 0.15) is 5.56 Å². The zero-order valence-corrected chi connectivity index (χ0v) is 13.0. The molecule has 1 atom stereocenters. The van der Waals surface area contributed by atoms with Crippen LogP contribution >= 0.6 is 34.5 Å². The first-order valence-electron chi connectivity index (χ1n) is 5.21. The number of rotatable bonds is 3. The number of alkyl halides is 3. The van der Waals surface area contributed by atoms with Crippen LogP contribution in [0.4, 0.5) is 24.5 Å². The van der Waals surface area contributed by atoms with Crippen molar-refractivity contribution in [1.29, 1.82) is 0 Å². The fourth-order valence-corrected chi connectivity index (χ4v) is 3.71. The lowest BCUT2D eigenvalue weighted by Crippen LogP contribution is -2.19. The third kappa shape index (κ3) is 3.70. The van der Waals surface area contributed by atoms with Crippen LogP contribution in [0.5, 0.6) is 0 Å². The summed E-state index contributed by atoms with van der Waals surface area (Å²) in [6.07, 6.45) is -4.50. The number of thiophene rings is 1. The van der Waals surface area contributed by atoms with Gasteiger partial charge in [0.15, 0.2) is 0 Å². The maximum Gasteiger partial charge on any atom is 0.416 e. The van der Waals surface area contributed by atoms with Gasteiger partial charge in [-0.2, -0.15) is 13.2 Å². The number of nitrogens with zero attached hydrogens (tertiary/aromatic N) is 1. The average molecular weight is 375 g/mol. The van der Waals surface area contributed by atoms with Crippen molar-refractivity contribution >= 4 is 57.2 Å². The molecule has 114 valence electrons. The Morgan fingerprint density at radius 2 is 1.76 bits per heavy atom. The third-order valence-electron chi connectivity index (χ3n) is 2.44. The maximum atomic E-state index is 12.5. The summed E-state index contributed by atoms with van der Waals surface area (Å²) in [7, 11) is 0. The predicted octanol–water partition coefficient (Wildman–Crippen LogP) is 5.01. The first-order valence-corrected chi connectivity index (χ1v) is 7.82. The molecular formula is C11H5Cl2F3NO2S2-. The van der Waals surface area contributed by atoms with Crippen molar-refractivity contribution in [3.05, 3.63) is 44.6 Å². The van der Waals surface area contributed by atoms with Crippen LogP contribution in [-0.4, -0.2) is 8.76 Å². The number of anilines is 2. The Kier molecular flexibility index (Phi) is 4.84. The largest absolute Gasteiger partial charge is 0.755 e. The van der Waals surface area contributed by atoms with E-state index < -0.39 is 23.0 Å². The summed E-state index contributed by atoms with van der Waals surface area (Å²) in [6, 6.07) is 4.98. The molecule has 0 amide bonds. The molecule has 0 saturated carbocycles. The van der Waals surface area contributed by atoms with E-state index in [9.17, 15) is 21.9 Å². The monoisotopic (exact) mass is 374 g/mol. The maximum absolute atomic E-state index is 12.5. The number of hydrogen-bond acceptors (Lipinski definition) is 3. The Morgan fingerprint density at radius 3 is 2.14 bits per heavy atom. The Hall–Kier alpha value is -0.800. The highest BCUT2D eigenvalue weighted by atomic mass is 35.5. The standard InChI is InChI=1S/C11H6Cl2F3NO2S2/c12-9-5-8(10(13)20-9)17(21(18)19)7-3-1-6(2-4-7)11(14,15)16/h1-5H,(H,18,19)/p-1. The van der Waals surface area contributed by atoms with Crippen LogP contribution in [0, 0.1) is 0 Å².